The van der Waals surface area contributed by atoms with Crippen LogP contribution in [0.15, 0.2) is 31.5 Å². The van der Waals surface area contributed by atoms with Gasteiger partial charge in [0.25, 0.3) is 0 Å². The topological polar surface area (TPSA) is 124 Å². The average Bonchev–Trinajstić information content (AvgIpc) is 3.02. The first-order chi connectivity index (χ1) is 11.4. The minimum Gasteiger partial charge on any atom is -0.508 e. The van der Waals surface area contributed by atoms with E-state index in [1.807, 2.05) is 6.92 Å². The van der Waals surface area contributed by atoms with Crippen molar-refractivity contribution >= 4 is 28.4 Å². The smallest absolute Gasteiger partial charge is 0.339 e. The van der Waals surface area contributed by atoms with Crippen LogP contribution >= 0.6 is 11.8 Å². The lowest BCUT2D eigenvalue weighted by atomic mass is 10.1. The number of rotatable bonds is 6. The summed E-state index contributed by atoms with van der Waals surface area (Å²) in [5.74, 6) is 0.130. The molecular weight excluding hydrogens is 334 g/mol. The van der Waals surface area contributed by atoms with Crippen molar-refractivity contribution in [3.63, 3.8) is 0 Å². The number of carbonyl (C=O) groups is 1. The molecule has 1 aliphatic heterocycles. The number of thioether (sulfide) groups is 1. The van der Waals surface area contributed by atoms with Crippen LogP contribution in [0.3, 0.4) is 0 Å². The van der Waals surface area contributed by atoms with Crippen molar-refractivity contribution in [2.75, 3.05) is 5.75 Å². The standard InChI is InChI=1S/C15H19N3O5S/c1-3-4-10(12-5-9(19)6-13(20)23-12)16-14(21)11-7-24-15(17-11)8(2)18-22/h5-6,10-11,19,22H,3-4,7H2,1-2H3,(H,16,21)/b18-8+. The SMILES string of the molecule is CCCC(NC(=O)C1CSC(/C(C)=N/O)=N1)c1cc(O)cc(=O)o1. The van der Waals surface area contributed by atoms with Crippen molar-refractivity contribution in [1.82, 2.24) is 5.32 Å². The highest BCUT2D eigenvalue weighted by molar-refractivity contribution is 8.16. The second-order valence-corrected chi connectivity index (χ2v) is 6.34. The number of nitrogens with zero attached hydrogens (tertiary/aromatic N) is 2. The summed E-state index contributed by atoms with van der Waals surface area (Å²) in [5, 5.41) is 24.7. The molecule has 9 heteroatoms. The molecule has 130 valence electrons. The number of hydrogen-bond acceptors (Lipinski definition) is 8. The zero-order valence-electron chi connectivity index (χ0n) is 13.4. The van der Waals surface area contributed by atoms with Gasteiger partial charge in [0.1, 0.15) is 28.3 Å². The zero-order chi connectivity index (χ0) is 17.7. The van der Waals surface area contributed by atoms with E-state index in [0.717, 1.165) is 12.5 Å². The molecule has 8 nitrogen and oxygen atoms in total. The first-order valence-electron chi connectivity index (χ1n) is 7.48. The second kappa shape index (κ2) is 8.00. The van der Waals surface area contributed by atoms with Gasteiger partial charge >= 0.3 is 5.63 Å². The molecule has 2 unspecified atom stereocenters. The van der Waals surface area contributed by atoms with Crippen LogP contribution in [-0.2, 0) is 4.79 Å². The van der Waals surface area contributed by atoms with Gasteiger partial charge in [0.15, 0.2) is 0 Å². The molecule has 1 aromatic rings. The van der Waals surface area contributed by atoms with Crippen molar-refractivity contribution in [3.8, 4) is 5.75 Å². The molecule has 0 saturated carbocycles. The van der Waals surface area contributed by atoms with Gasteiger partial charge in [0, 0.05) is 11.8 Å². The average molecular weight is 353 g/mol. The van der Waals surface area contributed by atoms with Gasteiger partial charge in [-0.3, -0.25) is 9.79 Å². The third kappa shape index (κ3) is 4.38. The highest BCUT2D eigenvalue weighted by Gasteiger charge is 2.28. The molecule has 0 radical (unpaired) electrons. The van der Waals surface area contributed by atoms with Crippen LogP contribution in [0, 0.1) is 0 Å². The molecule has 2 atom stereocenters. The summed E-state index contributed by atoms with van der Waals surface area (Å²) in [6.45, 7) is 3.54. The number of oxime groups is 1. The Kier molecular flexibility index (Phi) is 6.02. The fraction of sp³-hybridized carbons (Fsp3) is 0.467. The van der Waals surface area contributed by atoms with E-state index in [-0.39, 0.29) is 17.4 Å². The quantitative estimate of drug-likeness (QED) is 0.406. The van der Waals surface area contributed by atoms with E-state index in [1.54, 1.807) is 6.92 Å². The maximum atomic E-state index is 12.4. The fourth-order valence-electron chi connectivity index (χ4n) is 2.25. The number of aliphatic imine (C=N–C) groups is 1. The number of hydrogen-bond donors (Lipinski definition) is 3. The van der Waals surface area contributed by atoms with Crippen molar-refractivity contribution < 1.29 is 19.5 Å². The molecule has 0 aromatic carbocycles. The molecule has 0 fully saturated rings. The van der Waals surface area contributed by atoms with Gasteiger partial charge in [-0.2, -0.15) is 0 Å². The molecule has 0 bridgehead atoms. The number of carbonyl (C=O) groups excluding carboxylic acids is 1. The highest BCUT2D eigenvalue weighted by Crippen LogP contribution is 2.23. The first kappa shape index (κ1) is 18.1. The van der Waals surface area contributed by atoms with E-state index < -0.39 is 17.7 Å². The van der Waals surface area contributed by atoms with Crippen molar-refractivity contribution in [1.29, 1.82) is 0 Å². The van der Waals surface area contributed by atoms with Crippen LogP contribution in [0.4, 0.5) is 0 Å². The van der Waals surface area contributed by atoms with Crippen LogP contribution in [0.5, 0.6) is 5.75 Å². The van der Waals surface area contributed by atoms with Gasteiger partial charge in [-0.05, 0) is 13.3 Å². The van der Waals surface area contributed by atoms with E-state index in [2.05, 4.69) is 15.5 Å². The summed E-state index contributed by atoms with van der Waals surface area (Å²) in [5.41, 5.74) is -0.314. The predicted octanol–water partition coefficient (Wildman–Crippen LogP) is 1.67. The van der Waals surface area contributed by atoms with Crippen LogP contribution in [0.1, 0.15) is 38.5 Å². The first-order valence-corrected chi connectivity index (χ1v) is 8.47. The van der Waals surface area contributed by atoms with Crippen LogP contribution in [-0.4, -0.2) is 38.8 Å². The molecule has 0 saturated heterocycles. The molecule has 24 heavy (non-hydrogen) atoms. The third-order valence-corrected chi connectivity index (χ3v) is 4.58. The normalized spacial score (nSPS) is 19.0. The Morgan fingerprint density at radius 1 is 1.58 bits per heavy atom. The molecule has 0 aliphatic carbocycles. The Balaban J connectivity index is 2.15. The Morgan fingerprint density at radius 3 is 2.96 bits per heavy atom. The number of nitrogens with one attached hydrogen (secondary N) is 1. The summed E-state index contributed by atoms with van der Waals surface area (Å²) < 4.78 is 5.09. The zero-order valence-corrected chi connectivity index (χ0v) is 14.2. The maximum Gasteiger partial charge on any atom is 0.339 e. The summed E-state index contributed by atoms with van der Waals surface area (Å²) in [4.78, 5) is 28.1. The van der Waals surface area contributed by atoms with E-state index >= 15 is 0 Å². The number of aromatic hydroxyl groups is 1. The van der Waals surface area contributed by atoms with Gasteiger partial charge in [-0.1, -0.05) is 18.5 Å². The van der Waals surface area contributed by atoms with Crippen molar-refractivity contribution in [2.24, 2.45) is 10.1 Å². The molecule has 1 amide bonds. The van der Waals surface area contributed by atoms with Gasteiger partial charge in [0.2, 0.25) is 5.91 Å². The summed E-state index contributed by atoms with van der Waals surface area (Å²) in [7, 11) is 0. The van der Waals surface area contributed by atoms with Crippen molar-refractivity contribution in [3.05, 3.63) is 28.3 Å². The largest absolute Gasteiger partial charge is 0.508 e. The molecule has 0 spiro atoms. The van der Waals surface area contributed by atoms with E-state index in [1.165, 1.54) is 17.8 Å². The Labute approximate surface area is 142 Å². The maximum absolute atomic E-state index is 12.4. The minimum atomic E-state index is -0.674. The van der Waals surface area contributed by atoms with E-state index in [4.69, 9.17) is 9.62 Å². The molecule has 3 N–H and O–H groups in total. The Morgan fingerprint density at radius 2 is 2.33 bits per heavy atom. The fourth-order valence-corrected chi connectivity index (χ4v) is 3.24. The van der Waals surface area contributed by atoms with Crippen LogP contribution in [0.2, 0.25) is 0 Å². The summed E-state index contributed by atoms with van der Waals surface area (Å²) >= 11 is 1.34. The van der Waals surface area contributed by atoms with Gasteiger partial charge in [-0.25, -0.2) is 4.79 Å². The minimum absolute atomic E-state index is 0.205. The molecule has 1 aromatic heterocycles. The van der Waals surface area contributed by atoms with Crippen molar-refractivity contribution in [2.45, 2.75) is 38.8 Å². The lowest BCUT2D eigenvalue weighted by Gasteiger charge is -2.18. The van der Waals surface area contributed by atoms with E-state index in [0.29, 0.717) is 22.9 Å². The van der Waals surface area contributed by atoms with Crippen LogP contribution in [0.25, 0.3) is 0 Å². The second-order valence-electron chi connectivity index (χ2n) is 5.33. The monoisotopic (exact) mass is 353 g/mol. The lowest BCUT2D eigenvalue weighted by Crippen LogP contribution is -2.37. The third-order valence-electron chi connectivity index (χ3n) is 3.42. The summed E-state index contributed by atoms with van der Waals surface area (Å²) in [6.07, 6.45) is 1.29. The molecule has 2 heterocycles. The van der Waals surface area contributed by atoms with Gasteiger partial charge < -0.3 is 20.0 Å². The molecule has 1 aliphatic rings. The Bertz CT molecular complexity index is 728. The van der Waals surface area contributed by atoms with E-state index in [9.17, 15) is 14.7 Å². The Hall–Kier alpha value is -2.29. The lowest BCUT2D eigenvalue weighted by molar-refractivity contribution is -0.122. The van der Waals surface area contributed by atoms with Crippen LogP contribution < -0.4 is 10.9 Å². The molecular formula is C15H19N3O5S. The summed E-state index contributed by atoms with van der Waals surface area (Å²) in [6, 6.07) is 1.15. The molecule has 2 rings (SSSR count). The van der Waals surface area contributed by atoms with Gasteiger partial charge in [-0.15, -0.1) is 11.8 Å². The highest BCUT2D eigenvalue weighted by atomic mass is 32.2. The number of amides is 1. The van der Waals surface area contributed by atoms with Gasteiger partial charge in [0.05, 0.1) is 12.1 Å². The predicted molar refractivity (Wildman–Crippen MR) is 91.0 cm³/mol.